The number of rotatable bonds is 4. The third kappa shape index (κ3) is 2.36. The minimum Gasteiger partial charge on any atom is -0.497 e. The van der Waals surface area contributed by atoms with Gasteiger partial charge in [0.25, 0.3) is 0 Å². The number of fused-ring (bicyclic) bond motifs is 1. The van der Waals surface area contributed by atoms with Crippen molar-refractivity contribution in [3.05, 3.63) is 65.2 Å². The molecule has 1 aliphatic rings. The van der Waals surface area contributed by atoms with Gasteiger partial charge in [-0.05, 0) is 47.6 Å². The highest BCUT2D eigenvalue weighted by molar-refractivity contribution is 5.40. The van der Waals surface area contributed by atoms with E-state index in [1.807, 2.05) is 18.2 Å². The van der Waals surface area contributed by atoms with Crippen LogP contribution in [0.1, 0.15) is 35.1 Å². The third-order valence-corrected chi connectivity index (χ3v) is 4.02. The molecule has 0 radical (unpaired) electrons. The van der Waals surface area contributed by atoms with E-state index in [2.05, 4.69) is 30.3 Å². The Balaban J connectivity index is 1.71. The molecule has 0 heterocycles. The van der Waals surface area contributed by atoms with Gasteiger partial charge in [-0.15, -0.1) is 0 Å². The van der Waals surface area contributed by atoms with Crippen molar-refractivity contribution in [3.8, 4) is 5.75 Å². The molecule has 0 bridgehead atoms. The Bertz CT molecular complexity index is 579. The number of benzene rings is 2. The van der Waals surface area contributed by atoms with Gasteiger partial charge in [0.15, 0.2) is 0 Å². The zero-order chi connectivity index (χ0) is 13.2. The largest absolute Gasteiger partial charge is 0.497 e. The topological polar surface area (TPSA) is 35.2 Å². The minimum atomic E-state index is 0.0773. The maximum absolute atomic E-state index is 6.33. The van der Waals surface area contributed by atoms with E-state index >= 15 is 0 Å². The molecule has 98 valence electrons. The second-order valence-electron chi connectivity index (χ2n) is 5.22. The summed E-state index contributed by atoms with van der Waals surface area (Å²) < 4.78 is 5.25. The highest BCUT2D eigenvalue weighted by atomic mass is 16.5. The monoisotopic (exact) mass is 253 g/mol. The molecule has 2 aromatic carbocycles. The van der Waals surface area contributed by atoms with E-state index < -0.39 is 0 Å². The number of methoxy groups -OCH3 is 1. The minimum absolute atomic E-state index is 0.0773. The van der Waals surface area contributed by atoms with Gasteiger partial charge in [-0.2, -0.15) is 0 Å². The van der Waals surface area contributed by atoms with Crippen LogP contribution in [-0.2, 0) is 6.42 Å². The van der Waals surface area contributed by atoms with Crippen molar-refractivity contribution in [2.24, 2.45) is 5.73 Å². The Labute approximate surface area is 114 Å². The second-order valence-corrected chi connectivity index (χ2v) is 5.22. The molecule has 0 aliphatic heterocycles. The maximum atomic E-state index is 6.33. The van der Waals surface area contributed by atoms with Crippen molar-refractivity contribution in [1.29, 1.82) is 0 Å². The molecule has 1 aliphatic carbocycles. The molecule has 19 heavy (non-hydrogen) atoms. The summed E-state index contributed by atoms with van der Waals surface area (Å²) in [5.41, 5.74) is 10.4. The van der Waals surface area contributed by atoms with E-state index in [-0.39, 0.29) is 6.04 Å². The molecule has 2 nitrogen and oxygen atoms in total. The first-order valence-electron chi connectivity index (χ1n) is 6.75. The Morgan fingerprint density at radius 3 is 2.84 bits per heavy atom. The predicted molar refractivity (Wildman–Crippen MR) is 77.4 cm³/mol. The Kier molecular flexibility index (Phi) is 3.26. The number of nitrogens with two attached hydrogens (primary N) is 1. The molecule has 2 heteroatoms. The first-order valence-corrected chi connectivity index (χ1v) is 6.75. The average molecular weight is 253 g/mol. The molecule has 2 atom stereocenters. The van der Waals surface area contributed by atoms with Crippen molar-refractivity contribution < 1.29 is 4.74 Å². The first-order chi connectivity index (χ1) is 9.28. The molecular formula is C17H19NO. The molecule has 0 saturated heterocycles. The first kappa shape index (κ1) is 12.2. The van der Waals surface area contributed by atoms with Crippen molar-refractivity contribution >= 4 is 0 Å². The average Bonchev–Trinajstić information content (AvgIpc) is 2.44. The lowest BCUT2D eigenvalue weighted by molar-refractivity contribution is 0.413. The van der Waals surface area contributed by atoms with Gasteiger partial charge in [0.2, 0.25) is 0 Å². The summed E-state index contributed by atoms with van der Waals surface area (Å²) in [4.78, 5) is 0. The van der Waals surface area contributed by atoms with Crippen LogP contribution in [0, 0.1) is 0 Å². The van der Waals surface area contributed by atoms with E-state index in [0.717, 1.165) is 24.2 Å². The number of hydrogen-bond donors (Lipinski definition) is 1. The smallest absolute Gasteiger partial charge is 0.119 e. The molecule has 2 unspecified atom stereocenters. The molecule has 2 aromatic rings. The van der Waals surface area contributed by atoms with Crippen LogP contribution in [0.4, 0.5) is 0 Å². The van der Waals surface area contributed by atoms with E-state index in [0.29, 0.717) is 5.92 Å². The van der Waals surface area contributed by atoms with Crippen LogP contribution < -0.4 is 10.5 Å². The summed E-state index contributed by atoms with van der Waals surface area (Å²) in [6, 6.07) is 16.8. The predicted octanol–water partition coefficient (Wildman–Crippen LogP) is 3.43. The molecule has 0 aromatic heterocycles. The molecule has 3 rings (SSSR count). The van der Waals surface area contributed by atoms with Crippen molar-refractivity contribution in [3.63, 3.8) is 0 Å². The van der Waals surface area contributed by atoms with Crippen LogP contribution in [0.3, 0.4) is 0 Å². The fourth-order valence-corrected chi connectivity index (χ4v) is 2.89. The van der Waals surface area contributed by atoms with E-state index in [1.54, 1.807) is 7.11 Å². The summed E-state index contributed by atoms with van der Waals surface area (Å²) in [5, 5.41) is 0. The Morgan fingerprint density at radius 2 is 2.05 bits per heavy atom. The van der Waals surface area contributed by atoms with Gasteiger partial charge >= 0.3 is 0 Å². The highest BCUT2D eigenvalue weighted by Crippen LogP contribution is 2.40. The Morgan fingerprint density at radius 1 is 1.21 bits per heavy atom. The van der Waals surface area contributed by atoms with E-state index in [4.69, 9.17) is 10.5 Å². The van der Waals surface area contributed by atoms with Gasteiger partial charge in [0.1, 0.15) is 5.75 Å². The lowest BCUT2D eigenvalue weighted by Crippen LogP contribution is -2.22. The van der Waals surface area contributed by atoms with Crippen LogP contribution in [0.5, 0.6) is 5.75 Å². The fraction of sp³-hybridized carbons (Fsp3) is 0.294. The number of hydrogen-bond acceptors (Lipinski definition) is 2. The van der Waals surface area contributed by atoms with Gasteiger partial charge < -0.3 is 10.5 Å². The van der Waals surface area contributed by atoms with Crippen LogP contribution in [0.2, 0.25) is 0 Å². The van der Waals surface area contributed by atoms with Crippen molar-refractivity contribution in [2.75, 3.05) is 7.11 Å². The lowest BCUT2D eigenvalue weighted by atomic mass is 9.74. The standard InChI is InChI=1S/C17H19NO/c1-19-15-7-4-6-13(10-15)17(18)11-14-9-12-5-2-3-8-16(12)14/h2-8,10,14,17H,9,11,18H2,1H3. The fourth-order valence-electron chi connectivity index (χ4n) is 2.89. The zero-order valence-electron chi connectivity index (χ0n) is 11.2. The van der Waals surface area contributed by atoms with E-state index in [1.165, 1.54) is 11.1 Å². The quantitative estimate of drug-likeness (QED) is 0.906. The van der Waals surface area contributed by atoms with Gasteiger partial charge in [0, 0.05) is 6.04 Å². The van der Waals surface area contributed by atoms with E-state index in [9.17, 15) is 0 Å². The van der Waals surface area contributed by atoms with Gasteiger partial charge in [-0.25, -0.2) is 0 Å². The molecule has 0 amide bonds. The molecule has 0 spiro atoms. The number of ether oxygens (including phenoxy) is 1. The molecule has 0 saturated carbocycles. The zero-order valence-corrected chi connectivity index (χ0v) is 11.2. The van der Waals surface area contributed by atoms with Crippen LogP contribution in [0.15, 0.2) is 48.5 Å². The van der Waals surface area contributed by atoms with Gasteiger partial charge in [-0.1, -0.05) is 36.4 Å². The third-order valence-electron chi connectivity index (χ3n) is 4.02. The molecule has 0 fully saturated rings. The maximum Gasteiger partial charge on any atom is 0.119 e. The molecular weight excluding hydrogens is 234 g/mol. The normalized spacial score (nSPS) is 18.3. The van der Waals surface area contributed by atoms with Crippen LogP contribution >= 0.6 is 0 Å². The van der Waals surface area contributed by atoms with Crippen molar-refractivity contribution in [1.82, 2.24) is 0 Å². The molecule has 2 N–H and O–H groups in total. The highest BCUT2D eigenvalue weighted by Gasteiger charge is 2.27. The summed E-state index contributed by atoms with van der Waals surface area (Å²) in [7, 11) is 1.69. The van der Waals surface area contributed by atoms with Crippen molar-refractivity contribution in [2.45, 2.75) is 24.8 Å². The van der Waals surface area contributed by atoms with Gasteiger partial charge in [-0.3, -0.25) is 0 Å². The van der Waals surface area contributed by atoms with Crippen LogP contribution in [0.25, 0.3) is 0 Å². The van der Waals surface area contributed by atoms with Gasteiger partial charge in [0.05, 0.1) is 7.11 Å². The summed E-state index contributed by atoms with van der Waals surface area (Å²) >= 11 is 0. The summed E-state index contributed by atoms with van der Waals surface area (Å²) in [6.45, 7) is 0. The summed E-state index contributed by atoms with van der Waals surface area (Å²) in [6.07, 6.45) is 2.16. The SMILES string of the molecule is COc1cccc(C(N)CC2Cc3ccccc32)c1. The van der Waals surface area contributed by atoms with Crippen LogP contribution in [-0.4, -0.2) is 7.11 Å². The Hall–Kier alpha value is -1.80. The lowest BCUT2D eigenvalue weighted by Gasteiger charge is -2.32. The summed E-state index contributed by atoms with van der Waals surface area (Å²) in [5.74, 6) is 1.49. The second kappa shape index (κ2) is 5.06.